The van der Waals surface area contributed by atoms with Crippen LogP contribution in [0.1, 0.15) is 0 Å². The molecule has 0 radical (unpaired) electrons. The number of non-ortho nitro benzene ring substituents is 1. The Hall–Kier alpha value is -2.00. The van der Waals surface area contributed by atoms with Crippen molar-refractivity contribution in [3.05, 3.63) is 32.8 Å². The topological polar surface area (TPSA) is 119 Å². The number of carboxylic acids is 1. The van der Waals surface area contributed by atoms with Crippen molar-refractivity contribution in [1.29, 1.82) is 0 Å². The van der Waals surface area contributed by atoms with Crippen LogP contribution in [0.25, 0.3) is 0 Å². The van der Waals surface area contributed by atoms with E-state index in [1.165, 1.54) is 18.2 Å². The van der Waals surface area contributed by atoms with Crippen molar-refractivity contribution in [1.82, 2.24) is 0 Å². The van der Waals surface area contributed by atoms with Crippen molar-refractivity contribution < 1.29 is 24.4 Å². The Morgan fingerprint density at radius 1 is 1.42 bits per heavy atom. The maximum absolute atomic E-state index is 11.4. The Bertz CT molecular complexity index is 519. The summed E-state index contributed by atoms with van der Waals surface area (Å²) in [5, 5.41) is 21.3. The number of nitrogens with one attached hydrogen (secondary N) is 1. The molecule has 0 fully saturated rings. The molecule has 0 bridgehead atoms. The maximum Gasteiger partial charge on any atom is 0.329 e. The van der Waals surface area contributed by atoms with Gasteiger partial charge in [0.1, 0.15) is 13.2 Å². The van der Waals surface area contributed by atoms with Gasteiger partial charge in [0, 0.05) is 16.6 Å². The summed E-state index contributed by atoms with van der Waals surface area (Å²) in [6.07, 6.45) is 0. The fourth-order valence-electron chi connectivity index (χ4n) is 1.14. The predicted molar refractivity (Wildman–Crippen MR) is 67.9 cm³/mol. The molecule has 8 nitrogen and oxygen atoms in total. The maximum atomic E-state index is 11.4. The minimum Gasteiger partial charge on any atom is -0.480 e. The number of carbonyl (C=O) groups excluding carboxylic acids is 1. The molecule has 0 unspecified atom stereocenters. The third-order valence-electron chi connectivity index (χ3n) is 1.90. The number of aliphatic carboxylic acids is 1. The fourth-order valence-corrected chi connectivity index (χ4v) is 1.60. The van der Waals surface area contributed by atoms with Crippen LogP contribution in [-0.4, -0.2) is 35.1 Å². The van der Waals surface area contributed by atoms with E-state index in [0.29, 0.717) is 10.2 Å². The van der Waals surface area contributed by atoms with Crippen LogP contribution in [0.5, 0.6) is 0 Å². The van der Waals surface area contributed by atoms with E-state index in [0.717, 1.165) is 0 Å². The number of rotatable bonds is 6. The first kappa shape index (κ1) is 15.1. The summed E-state index contributed by atoms with van der Waals surface area (Å²) >= 11 is 3.08. The number of amides is 1. The number of hydrogen-bond acceptors (Lipinski definition) is 5. The number of anilines is 1. The van der Waals surface area contributed by atoms with Crippen molar-refractivity contribution in [2.45, 2.75) is 0 Å². The molecule has 0 aliphatic heterocycles. The zero-order valence-electron chi connectivity index (χ0n) is 9.46. The number of nitro benzene ring substituents is 1. The summed E-state index contributed by atoms with van der Waals surface area (Å²) in [6.45, 7) is -0.995. The van der Waals surface area contributed by atoms with E-state index in [1.807, 2.05) is 0 Å². The number of nitro groups is 1. The van der Waals surface area contributed by atoms with Gasteiger partial charge < -0.3 is 15.2 Å². The van der Waals surface area contributed by atoms with E-state index in [-0.39, 0.29) is 5.69 Å². The second kappa shape index (κ2) is 6.81. The van der Waals surface area contributed by atoms with E-state index >= 15 is 0 Å². The summed E-state index contributed by atoms with van der Waals surface area (Å²) in [7, 11) is 0. The molecule has 2 N–H and O–H groups in total. The summed E-state index contributed by atoms with van der Waals surface area (Å²) in [4.78, 5) is 31.5. The lowest BCUT2D eigenvalue weighted by Gasteiger charge is -2.07. The lowest BCUT2D eigenvalue weighted by molar-refractivity contribution is -0.384. The Morgan fingerprint density at radius 3 is 2.63 bits per heavy atom. The molecule has 102 valence electrons. The molecule has 0 aliphatic rings. The standard InChI is InChI=1S/C10H9BrN2O6/c11-7-3-6(13(17)18)1-2-8(7)12-9(14)4-19-5-10(15)16/h1-3H,4-5H2,(H,12,14)(H,15,16). The van der Waals surface area contributed by atoms with E-state index in [1.54, 1.807) is 0 Å². The molecule has 0 saturated heterocycles. The van der Waals surface area contributed by atoms with Gasteiger partial charge in [0.2, 0.25) is 5.91 Å². The number of hydrogen-bond donors (Lipinski definition) is 2. The van der Waals surface area contributed by atoms with Crippen molar-refractivity contribution >= 4 is 39.2 Å². The Morgan fingerprint density at radius 2 is 2.11 bits per heavy atom. The lowest BCUT2D eigenvalue weighted by atomic mass is 10.3. The average Bonchev–Trinajstić information content (AvgIpc) is 2.31. The number of carboxylic acid groups (broad SMARTS) is 1. The molecule has 1 amide bonds. The second-order valence-corrected chi connectivity index (χ2v) is 4.21. The van der Waals surface area contributed by atoms with Gasteiger partial charge in [-0.2, -0.15) is 0 Å². The number of carbonyl (C=O) groups is 2. The van der Waals surface area contributed by atoms with Gasteiger partial charge in [0.25, 0.3) is 5.69 Å². The smallest absolute Gasteiger partial charge is 0.329 e. The lowest BCUT2D eigenvalue weighted by Crippen LogP contribution is -2.20. The molecule has 0 saturated carbocycles. The highest BCUT2D eigenvalue weighted by Gasteiger charge is 2.11. The first-order chi connectivity index (χ1) is 8.90. The average molecular weight is 333 g/mol. The summed E-state index contributed by atoms with van der Waals surface area (Å²) in [5.74, 6) is -1.74. The zero-order valence-corrected chi connectivity index (χ0v) is 11.0. The van der Waals surface area contributed by atoms with Crippen molar-refractivity contribution in [3.8, 4) is 0 Å². The third kappa shape index (κ3) is 5.02. The van der Waals surface area contributed by atoms with Gasteiger partial charge in [-0.1, -0.05) is 0 Å². The van der Waals surface area contributed by atoms with Crippen LogP contribution in [0.3, 0.4) is 0 Å². The molecule has 9 heteroatoms. The van der Waals surface area contributed by atoms with Gasteiger partial charge in [-0.05, 0) is 22.0 Å². The molecule has 0 heterocycles. The van der Waals surface area contributed by atoms with E-state index in [4.69, 9.17) is 5.11 Å². The highest BCUT2D eigenvalue weighted by molar-refractivity contribution is 9.10. The zero-order chi connectivity index (χ0) is 14.4. The molecule has 0 spiro atoms. The molecule has 0 atom stereocenters. The molecule has 1 rings (SSSR count). The quantitative estimate of drug-likeness (QED) is 0.600. The van der Waals surface area contributed by atoms with Gasteiger partial charge in [-0.15, -0.1) is 0 Å². The number of nitrogens with zero attached hydrogens (tertiary/aromatic N) is 1. The van der Waals surface area contributed by atoms with Crippen molar-refractivity contribution in [3.63, 3.8) is 0 Å². The van der Waals surface area contributed by atoms with Crippen LogP contribution >= 0.6 is 15.9 Å². The number of benzene rings is 1. The summed E-state index contributed by atoms with van der Waals surface area (Å²) in [6, 6.07) is 3.84. The molecule has 0 aromatic heterocycles. The monoisotopic (exact) mass is 332 g/mol. The summed E-state index contributed by atoms with van der Waals surface area (Å²) in [5.41, 5.74) is 0.210. The second-order valence-electron chi connectivity index (χ2n) is 3.36. The van der Waals surface area contributed by atoms with Gasteiger partial charge in [0.05, 0.1) is 10.6 Å². The van der Waals surface area contributed by atoms with Gasteiger partial charge in [0.15, 0.2) is 0 Å². The highest BCUT2D eigenvalue weighted by Crippen LogP contribution is 2.26. The fraction of sp³-hybridized carbons (Fsp3) is 0.200. The molecule has 1 aromatic rings. The molecule has 19 heavy (non-hydrogen) atoms. The molecular weight excluding hydrogens is 324 g/mol. The number of ether oxygens (including phenoxy) is 1. The Balaban J connectivity index is 2.59. The Labute approximate surface area is 115 Å². The molecule has 1 aromatic carbocycles. The van der Waals surface area contributed by atoms with E-state index in [9.17, 15) is 19.7 Å². The van der Waals surface area contributed by atoms with Crippen LogP contribution in [0, 0.1) is 10.1 Å². The Kier molecular flexibility index (Phi) is 5.39. The molecular formula is C10H9BrN2O6. The minimum absolute atomic E-state index is 0.119. The first-order valence-electron chi connectivity index (χ1n) is 4.93. The van der Waals surface area contributed by atoms with Crippen LogP contribution in [0.2, 0.25) is 0 Å². The van der Waals surface area contributed by atoms with Gasteiger partial charge >= 0.3 is 5.97 Å². The van der Waals surface area contributed by atoms with Gasteiger partial charge in [-0.25, -0.2) is 4.79 Å². The minimum atomic E-state index is -1.18. The van der Waals surface area contributed by atoms with Gasteiger partial charge in [-0.3, -0.25) is 14.9 Å². The van der Waals surface area contributed by atoms with Crippen LogP contribution in [-0.2, 0) is 14.3 Å². The third-order valence-corrected chi connectivity index (χ3v) is 2.55. The van der Waals surface area contributed by atoms with Crippen LogP contribution in [0.15, 0.2) is 22.7 Å². The van der Waals surface area contributed by atoms with Crippen molar-refractivity contribution in [2.75, 3.05) is 18.5 Å². The predicted octanol–water partition coefficient (Wildman–Crippen LogP) is 1.40. The number of halogens is 1. The first-order valence-corrected chi connectivity index (χ1v) is 5.73. The summed E-state index contributed by atoms with van der Waals surface area (Å²) < 4.78 is 4.94. The largest absolute Gasteiger partial charge is 0.480 e. The SMILES string of the molecule is O=C(O)COCC(=O)Nc1ccc([N+](=O)[O-])cc1Br. The van der Waals surface area contributed by atoms with Crippen molar-refractivity contribution in [2.24, 2.45) is 0 Å². The normalized spacial score (nSPS) is 9.95. The van der Waals surface area contributed by atoms with E-state index in [2.05, 4.69) is 26.0 Å². The highest BCUT2D eigenvalue weighted by atomic mass is 79.9. The molecule has 0 aliphatic carbocycles. The van der Waals surface area contributed by atoms with Crippen LogP contribution in [0.4, 0.5) is 11.4 Å². The van der Waals surface area contributed by atoms with E-state index < -0.39 is 30.0 Å². The van der Waals surface area contributed by atoms with Crippen LogP contribution < -0.4 is 5.32 Å².